The number of halogens is 2. The summed E-state index contributed by atoms with van der Waals surface area (Å²) in [5, 5.41) is 3.98. The van der Waals surface area contributed by atoms with Crippen molar-refractivity contribution in [3.05, 3.63) is 82.1 Å². The van der Waals surface area contributed by atoms with Crippen molar-refractivity contribution in [1.82, 2.24) is 5.32 Å². The Bertz CT molecular complexity index is 1030. The molecular weight excluding hydrogens is 433 g/mol. The SMILES string of the molecule is COc1ccc(CCNCc2cc(OC)c(OCc3ccc(F)cc3)cc2Cl)cc1OC. The third-order valence-electron chi connectivity index (χ3n) is 4.99. The molecule has 170 valence electrons. The molecule has 3 aromatic rings. The van der Waals surface area contributed by atoms with E-state index in [4.69, 9.17) is 30.5 Å². The number of methoxy groups -OCH3 is 3. The number of hydrogen-bond acceptors (Lipinski definition) is 5. The Morgan fingerprint density at radius 2 is 1.44 bits per heavy atom. The molecule has 0 atom stereocenters. The minimum atomic E-state index is -0.280. The average Bonchev–Trinajstić information content (AvgIpc) is 2.82. The molecule has 0 saturated heterocycles. The van der Waals surface area contributed by atoms with Crippen molar-refractivity contribution in [3.63, 3.8) is 0 Å². The van der Waals surface area contributed by atoms with Crippen LogP contribution in [0.4, 0.5) is 4.39 Å². The van der Waals surface area contributed by atoms with E-state index >= 15 is 0 Å². The Kier molecular flexibility index (Phi) is 8.59. The lowest BCUT2D eigenvalue weighted by molar-refractivity contribution is 0.284. The van der Waals surface area contributed by atoms with Crippen LogP contribution >= 0.6 is 11.6 Å². The van der Waals surface area contributed by atoms with Crippen LogP contribution in [0, 0.1) is 5.82 Å². The van der Waals surface area contributed by atoms with Crippen LogP contribution in [0.3, 0.4) is 0 Å². The van der Waals surface area contributed by atoms with Gasteiger partial charge in [0.2, 0.25) is 0 Å². The molecule has 32 heavy (non-hydrogen) atoms. The van der Waals surface area contributed by atoms with E-state index in [-0.39, 0.29) is 12.4 Å². The Morgan fingerprint density at radius 1 is 0.781 bits per heavy atom. The first-order valence-corrected chi connectivity index (χ1v) is 10.6. The Balaban J connectivity index is 1.57. The Morgan fingerprint density at radius 3 is 2.12 bits per heavy atom. The first-order valence-electron chi connectivity index (χ1n) is 10.2. The zero-order chi connectivity index (χ0) is 22.9. The van der Waals surface area contributed by atoms with E-state index in [0.717, 1.165) is 29.7 Å². The van der Waals surface area contributed by atoms with Gasteiger partial charge >= 0.3 is 0 Å². The summed E-state index contributed by atoms with van der Waals surface area (Å²) in [6, 6.07) is 15.7. The van der Waals surface area contributed by atoms with Gasteiger partial charge in [-0.15, -0.1) is 0 Å². The van der Waals surface area contributed by atoms with Crippen molar-refractivity contribution in [1.29, 1.82) is 0 Å². The third kappa shape index (κ3) is 6.28. The van der Waals surface area contributed by atoms with Crippen molar-refractivity contribution in [2.45, 2.75) is 19.6 Å². The molecule has 0 aliphatic heterocycles. The van der Waals surface area contributed by atoms with Crippen LogP contribution in [0.15, 0.2) is 54.6 Å². The lowest BCUT2D eigenvalue weighted by Crippen LogP contribution is -2.17. The molecule has 3 aromatic carbocycles. The zero-order valence-electron chi connectivity index (χ0n) is 18.4. The van der Waals surface area contributed by atoms with E-state index < -0.39 is 0 Å². The summed E-state index contributed by atoms with van der Waals surface area (Å²) in [4.78, 5) is 0. The predicted molar refractivity (Wildman–Crippen MR) is 124 cm³/mol. The summed E-state index contributed by atoms with van der Waals surface area (Å²) >= 11 is 6.47. The molecule has 5 nitrogen and oxygen atoms in total. The van der Waals surface area contributed by atoms with Gasteiger partial charge in [-0.05, 0) is 60.0 Å². The van der Waals surface area contributed by atoms with Crippen molar-refractivity contribution in [3.8, 4) is 23.0 Å². The summed E-state index contributed by atoms with van der Waals surface area (Å²) in [5.41, 5.74) is 2.90. The second kappa shape index (κ2) is 11.6. The van der Waals surface area contributed by atoms with E-state index in [1.165, 1.54) is 12.1 Å². The fourth-order valence-corrected chi connectivity index (χ4v) is 3.44. The smallest absolute Gasteiger partial charge is 0.163 e. The number of ether oxygens (including phenoxy) is 4. The first kappa shape index (κ1) is 23.7. The molecular formula is C25H27ClFNO4. The van der Waals surface area contributed by atoms with Crippen molar-refractivity contribution in [2.24, 2.45) is 0 Å². The van der Waals surface area contributed by atoms with Crippen molar-refractivity contribution < 1.29 is 23.3 Å². The van der Waals surface area contributed by atoms with Gasteiger partial charge in [-0.2, -0.15) is 0 Å². The molecule has 0 aliphatic rings. The number of rotatable bonds is 11. The van der Waals surface area contributed by atoms with E-state index in [1.54, 1.807) is 39.5 Å². The van der Waals surface area contributed by atoms with Gasteiger partial charge in [0.25, 0.3) is 0 Å². The van der Waals surface area contributed by atoms with Crippen LogP contribution in [0.25, 0.3) is 0 Å². The summed E-state index contributed by atoms with van der Waals surface area (Å²) in [5.74, 6) is 2.28. The van der Waals surface area contributed by atoms with Gasteiger partial charge in [0.05, 0.1) is 21.3 Å². The Labute approximate surface area is 193 Å². The summed E-state index contributed by atoms with van der Waals surface area (Å²) < 4.78 is 35.0. The molecule has 0 bridgehead atoms. The van der Waals surface area contributed by atoms with Crippen LogP contribution in [-0.4, -0.2) is 27.9 Å². The molecule has 0 aromatic heterocycles. The molecule has 0 unspecified atom stereocenters. The van der Waals surface area contributed by atoms with E-state index in [0.29, 0.717) is 34.6 Å². The second-order valence-corrected chi connectivity index (χ2v) is 7.53. The minimum absolute atomic E-state index is 0.280. The maximum absolute atomic E-state index is 13.1. The fourth-order valence-electron chi connectivity index (χ4n) is 3.22. The van der Waals surface area contributed by atoms with E-state index in [2.05, 4.69) is 5.32 Å². The van der Waals surface area contributed by atoms with Crippen molar-refractivity contribution in [2.75, 3.05) is 27.9 Å². The normalized spacial score (nSPS) is 10.7. The first-order chi connectivity index (χ1) is 15.5. The van der Waals surface area contributed by atoms with Crippen LogP contribution < -0.4 is 24.3 Å². The van der Waals surface area contributed by atoms with Crippen LogP contribution in [-0.2, 0) is 19.6 Å². The summed E-state index contributed by atoms with van der Waals surface area (Å²) in [7, 11) is 4.83. The maximum atomic E-state index is 13.1. The zero-order valence-corrected chi connectivity index (χ0v) is 19.2. The van der Waals surface area contributed by atoms with Gasteiger partial charge in [0.1, 0.15) is 12.4 Å². The molecule has 3 rings (SSSR count). The van der Waals surface area contributed by atoms with Crippen LogP contribution in [0.1, 0.15) is 16.7 Å². The number of hydrogen-bond donors (Lipinski definition) is 1. The van der Waals surface area contributed by atoms with Crippen LogP contribution in [0.2, 0.25) is 5.02 Å². The van der Waals surface area contributed by atoms with Gasteiger partial charge in [0, 0.05) is 17.6 Å². The fraction of sp³-hybridized carbons (Fsp3) is 0.280. The second-order valence-electron chi connectivity index (χ2n) is 7.13. The maximum Gasteiger partial charge on any atom is 0.163 e. The molecule has 0 amide bonds. The molecule has 0 heterocycles. The van der Waals surface area contributed by atoms with Gasteiger partial charge in [-0.25, -0.2) is 4.39 Å². The highest BCUT2D eigenvalue weighted by Gasteiger charge is 2.11. The highest BCUT2D eigenvalue weighted by molar-refractivity contribution is 6.31. The van der Waals surface area contributed by atoms with E-state index in [1.807, 2.05) is 24.3 Å². The predicted octanol–water partition coefficient (Wildman–Crippen LogP) is 5.42. The molecule has 0 spiro atoms. The molecule has 7 heteroatoms. The topological polar surface area (TPSA) is 49.0 Å². The standard InChI is InChI=1S/C25H27ClFNO4/c1-29-22-9-6-17(12-23(22)30-2)10-11-28-15-19-13-24(31-3)25(14-21(19)26)32-16-18-4-7-20(27)8-5-18/h4-9,12-14,28H,10-11,15-16H2,1-3H3. The third-order valence-corrected chi connectivity index (χ3v) is 5.35. The summed E-state index contributed by atoms with van der Waals surface area (Å²) in [6.45, 7) is 1.63. The lowest BCUT2D eigenvalue weighted by Gasteiger charge is -2.15. The highest BCUT2D eigenvalue weighted by Crippen LogP contribution is 2.34. The molecule has 0 saturated carbocycles. The van der Waals surface area contributed by atoms with Crippen molar-refractivity contribution >= 4 is 11.6 Å². The number of benzene rings is 3. The van der Waals surface area contributed by atoms with Gasteiger partial charge < -0.3 is 24.3 Å². The number of nitrogens with one attached hydrogen (secondary N) is 1. The highest BCUT2D eigenvalue weighted by atomic mass is 35.5. The lowest BCUT2D eigenvalue weighted by atomic mass is 10.1. The van der Waals surface area contributed by atoms with Crippen LogP contribution in [0.5, 0.6) is 23.0 Å². The summed E-state index contributed by atoms with van der Waals surface area (Å²) in [6.07, 6.45) is 0.827. The van der Waals surface area contributed by atoms with Gasteiger partial charge in [-0.1, -0.05) is 29.8 Å². The largest absolute Gasteiger partial charge is 0.493 e. The molecule has 1 N–H and O–H groups in total. The molecule has 0 radical (unpaired) electrons. The van der Waals surface area contributed by atoms with E-state index in [9.17, 15) is 4.39 Å². The van der Waals surface area contributed by atoms with Gasteiger partial charge in [0.15, 0.2) is 23.0 Å². The monoisotopic (exact) mass is 459 g/mol. The average molecular weight is 460 g/mol. The van der Waals surface area contributed by atoms with Gasteiger partial charge in [-0.3, -0.25) is 0 Å². The molecule has 0 aliphatic carbocycles. The quantitative estimate of drug-likeness (QED) is 0.388. The minimum Gasteiger partial charge on any atom is -0.493 e. The molecule has 0 fully saturated rings. The Hall–Kier alpha value is -2.96.